The third kappa shape index (κ3) is 2.75. The molecule has 0 heterocycles. The fourth-order valence-corrected chi connectivity index (χ4v) is 2.44. The van der Waals surface area contributed by atoms with E-state index in [4.69, 9.17) is 9.84 Å². The number of halogens is 2. The molecular weight excluding hydrogens is 307 g/mol. The molecule has 0 saturated heterocycles. The summed E-state index contributed by atoms with van der Waals surface area (Å²) in [6.45, 7) is 3.10. The lowest BCUT2D eigenvalue weighted by Crippen LogP contribution is -2.23. The number of carboxylic acids is 1. The minimum absolute atomic E-state index is 0.0649. The molecule has 0 aliphatic carbocycles. The third-order valence-corrected chi connectivity index (χ3v) is 3.22. The molecule has 0 aromatic heterocycles. The summed E-state index contributed by atoms with van der Waals surface area (Å²) in [5, 5.41) is 18.8. The number of methoxy groups -OCH3 is 1. The largest absolute Gasteiger partial charge is 0.504 e. The Balaban J connectivity index is 3.45. The van der Waals surface area contributed by atoms with E-state index in [-0.39, 0.29) is 28.0 Å². The van der Waals surface area contributed by atoms with Crippen molar-refractivity contribution in [3.63, 3.8) is 0 Å². The second kappa shape index (κ2) is 5.14. The van der Waals surface area contributed by atoms with E-state index in [1.165, 1.54) is 7.11 Å². The zero-order valence-corrected chi connectivity index (χ0v) is 11.8. The number of aliphatic carboxylic acids is 1. The van der Waals surface area contributed by atoms with Gasteiger partial charge in [-0.1, -0.05) is 13.8 Å². The molecule has 1 rings (SSSR count). The number of carbonyl (C=O) groups is 1. The van der Waals surface area contributed by atoms with Crippen LogP contribution in [0.3, 0.4) is 0 Å². The number of aromatic hydroxyl groups is 1. The molecule has 4 nitrogen and oxygen atoms in total. The molecule has 0 bridgehead atoms. The van der Waals surface area contributed by atoms with Crippen molar-refractivity contribution in [3.8, 4) is 11.5 Å². The molecule has 6 heteroatoms. The average Bonchev–Trinajstić information content (AvgIpc) is 2.13. The summed E-state index contributed by atoms with van der Waals surface area (Å²) in [4.78, 5) is 10.8. The molecule has 0 saturated carbocycles. The lowest BCUT2D eigenvalue weighted by Gasteiger charge is -2.25. The van der Waals surface area contributed by atoms with Crippen LogP contribution in [0.25, 0.3) is 0 Å². The second-order valence-corrected chi connectivity index (χ2v) is 5.41. The van der Waals surface area contributed by atoms with Crippen LogP contribution < -0.4 is 4.74 Å². The van der Waals surface area contributed by atoms with Gasteiger partial charge < -0.3 is 14.9 Å². The Morgan fingerprint density at radius 1 is 1.56 bits per heavy atom. The summed E-state index contributed by atoms with van der Waals surface area (Å²) in [6, 6.07) is 1.15. The van der Waals surface area contributed by atoms with Crippen LogP contribution in [0.2, 0.25) is 0 Å². The van der Waals surface area contributed by atoms with Crippen molar-refractivity contribution in [2.24, 2.45) is 0 Å². The molecule has 18 heavy (non-hydrogen) atoms. The molecule has 0 radical (unpaired) electrons. The van der Waals surface area contributed by atoms with E-state index in [9.17, 15) is 14.3 Å². The average molecular weight is 321 g/mol. The van der Waals surface area contributed by atoms with Crippen molar-refractivity contribution >= 4 is 21.9 Å². The van der Waals surface area contributed by atoms with Gasteiger partial charge in [-0.05, 0) is 22.0 Å². The molecule has 0 atom stereocenters. The van der Waals surface area contributed by atoms with E-state index in [2.05, 4.69) is 15.9 Å². The fraction of sp³-hybridized carbons (Fsp3) is 0.417. The summed E-state index contributed by atoms with van der Waals surface area (Å²) in [6.07, 6.45) is -0.303. The first-order valence-electron chi connectivity index (χ1n) is 5.18. The Hall–Kier alpha value is -1.30. The lowest BCUT2D eigenvalue weighted by molar-refractivity contribution is -0.138. The van der Waals surface area contributed by atoms with Crippen molar-refractivity contribution in [1.29, 1.82) is 0 Å². The maximum absolute atomic E-state index is 13.9. The zero-order chi connectivity index (χ0) is 14.1. The summed E-state index contributed by atoms with van der Waals surface area (Å²) in [7, 11) is 1.34. The molecule has 100 valence electrons. The highest BCUT2D eigenvalue weighted by Crippen LogP contribution is 2.44. The zero-order valence-electron chi connectivity index (χ0n) is 10.3. The van der Waals surface area contributed by atoms with Crippen LogP contribution in [-0.4, -0.2) is 23.3 Å². The SMILES string of the molecule is COc1c(Br)cc(F)c(C(C)(C)CC(=O)O)c1O. The van der Waals surface area contributed by atoms with Crippen LogP contribution in [0, 0.1) is 5.82 Å². The van der Waals surface area contributed by atoms with Crippen LogP contribution in [0.5, 0.6) is 11.5 Å². The fourth-order valence-electron chi connectivity index (χ4n) is 1.89. The highest BCUT2D eigenvalue weighted by molar-refractivity contribution is 9.10. The van der Waals surface area contributed by atoms with E-state index in [1.54, 1.807) is 13.8 Å². The van der Waals surface area contributed by atoms with E-state index in [0.29, 0.717) is 0 Å². The van der Waals surface area contributed by atoms with Gasteiger partial charge in [0.1, 0.15) is 5.82 Å². The van der Waals surface area contributed by atoms with Gasteiger partial charge in [0, 0.05) is 11.0 Å². The highest BCUT2D eigenvalue weighted by atomic mass is 79.9. The topological polar surface area (TPSA) is 66.8 Å². The number of hydrogen-bond acceptors (Lipinski definition) is 3. The highest BCUT2D eigenvalue weighted by Gasteiger charge is 2.32. The Bertz CT molecular complexity index is 485. The number of phenols is 1. The van der Waals surface area contributed by atoms with Crippen molar-refractivity contribution in [1.82, 2.24) is 0 Å². The number of ether oxygens (including phenoxy) is 1. The number of benzene rings is 1. The molecule has 0 aliphatic heterocycles. The molecule has 2 N–H and O–H groups in total. The molecule has 0 fully saturated rings. The Morgan fingerprint density at radius 2 is 2.11 bits per heavy atom. The molecule has 1 aromatic rings. The van der Waals surface area contributed by atoms with Gasteiger partial charge in [0.2, 0.25) is 0 Å². The van der Waals surface area contributed by atoms with Gasteiger partial charge in [0.15, 0.2) is 11.5 Å². The first kappa shape index (κ1) is 14.8. The minimum atomic E-state index is -1.07. The molecule has 1 aromatic carbocycles. The maximum Gasteiger partial charge on any atom is 0.304 e. The summed E-state index contributed by atoms with van der Waals surface area (Å²) >= 11 is 3.07. The monoisotopic (exact) mass is 320 g/mol. The van der Waals surface area contributed by atoms with Crippen molar-refractivity contribution in [2.75, 3.05) is 7.11 Å². The number of rotatable bonds is 4. The van der Waals surface area contributed by atoms with Crippen LogP contribution >= 0.6 is 15.9 Å². The summed E-state index contributed by atoms with van der Waals surface area (Å²) < 4.78 is 19.2. The van der Waals surface area contributed by atoms with Crippen molar-refractivity contribution < 1.29 is 24.1 Å². The lowest BCUT2D eigenvalue weighted by atomic mass is 9.80. The first-order chi connectivity index (χ1) is 8.20. The van der Waals surface area contributed by atoms with E-state index in [0.717, 1.165) is 6.07 Å². The van der Waals surface area contributed by atoms with Crippen molar-refractivity contribution in [3.05, 3.63) is 21.9 Å². The van der Waals surface area contributed by atoms with Crippen LogP contribution in [0.1, 0.15) is 25.8 Å². The van der Waals surface area contributed by atoms with Gasteiger partial charge in [0.05, 0.1) is 18.0 Å². The molecule has 0 aliphatic rings. The molecule has 0 amide bonds. The van der Waals surface area contributed by atoms with Crippen LogP contribution in [0.4, 0.5) is 4.39 Å². The molecular formula is C12H14BrFO4. The molecule has 0 unspecified atom stereocenters. The van der Waals surface area contributed by atoms with E-state index >= 15 is 0 Å². The van der Waals surface area contributed by atoms with E-state index in [1.807, 2.05) is 0 Å². The minimum Gasteiger partial charge on any atom is -0.504 e. The maximum atomic E-state index is 13.9. The van der Waals surface area contributed by atoms with Gasteiger partial charge in [-0.2, -0.15) is 0 Å². The quantitative estimate of drug-likeness (QED) is 0.894. The Labute approximate surface area is 113 Å². The third-order valence-electron chi connectivity index (χ3n) is 2.64. The summed E-state index contributed by atoms with van der Waals surface area (Å²) in [5.74, 6) is -2.03. The van der Waals surface area contributed by atoms with Gasteiger partial charge in [0.25, 0.3) is 0 Å². The standard InChI is InChI=1S/C12H14BrFO4/c1-12(2,5-8(15)16)9-7(14)4-6(13)11(18-3)10(9)17/h4,17H,5H2,1-3H3,(H,15,16). The number of phenolic OH excluding ortho intramolecular Hbond substituents is 1. The predicted molar refractivity (Wildman–Crippen MR) is 67.6 cm³/mol. The van der Waals surface area contributed by atoms with Crippen LogP contribution in [-0.2, 0) is 10.2 Å². The normalized spacial score (nSPS) is 11.4. The van der Waals surface area contributed by atoms with Gasteiger partial charge >= 0.3 is 5.97 Å². The number of hydrogen-bond donors (Lipinski definition) is 2. The van der Waals surface area contributed by atoms with Gasteiger partial charge in [-0.3, -0.25) is 4.79 Å². The Morgan fingerprint density at radius 3 is 2.56 bits per heavy atom. The molecule has 0 spiro atoms. The first-order valence-corrected chi connectivity index (χ1v) is 5.97. The summed E-state index contributed by atoms with van der Waals surface area (Å²) in [5.41, 5.74) is -1.11. The Kier molecular flexibility index (Phi) is 4.21. The number of carboxylic acid groups (broad SMARTS) is 1. The second-order valence-electron chi connectivity index (χ2n) is 4.55. The van der Waals surface area contributed by atoms with Crippen LogP contribution in [0.15, 0.2) is 10.5 Å². The van der Waals surface area contributed by atoms with Gasteiger partial charge in [-0.25, -0.2) is 4.39 Å². The smallest absolute Gasteiger partial charge is 0.304 e. The van der Waals surface area contributed by atoms with Gasteiger partial charge in [-0.15, -0.1) is 0 Å². The van der Waals surface area contributed by atoms with Crippen molar-refractivity contribution in [2.45, 2.75) is 25.7 Å². The predicted octanol–water partition coefficient (Wildman–Crippen LogP) is 3.05. The van der Waals surface area contributed by atoms with E-state index < -0.39 is 17.2 Å².